The molecule has 1 fully saturated rings. The van der Waals surface area contributed by atoms with Gasteiger partial charge >= 0.3 is 6.09 Å². The third-order valence-electron chi connectivity index (χ3n) is 5.57. The van der Waals surface area contributed by atoms with Crippen LogP contribution >= 0.6 is 0 Å². The second kappa shape index (κ2) is 10.3. The van der Waals surface area contributed by atoms with Gasteiger partial charge in [-0.2, -0.15) is 0 Å². The molecular weight excluding hydrogens is 437 g/mol. The first kappa shape index (κ1) is 23.2. The van der Waals surface area contributed by atoms with Crippen LogP contribution in [-0.2, 0) is 22.6 Å². The number of hydrogen-bond donors (Lipinski definition) is 3. The Kier molecular flexibility index (Phi) is 7.03. The molecule has 2 heterocycles. The maximum atomic E-state index is 14.9. The van der Waals surface area contributed by atoms with Crippen molar-refractivity contribution < 1.29 is 18.7 Å². The predicted molar refractivity (Wildman–Crippen MR) is 127 cm³/mol. The summed E-state index contributed by atoms with van der Waals surface area (Å²) in [5.41, 5.74) is 10.2. The summed E-state index contributed by atoms with van der Waals surface area (Å²) in [6, 6.07) is 14.0. The zero-order valence-corrected chi connectivity index (χ0v) is 18.8. The van der Waals surface area contributed by atoms with Gasteiger partial charge in [0, 0.05) is 49.2 Å². The van der Waals surface area contributed by atoms with Crippen LogP contribution in [0.2, 0.25) is 0 Å². The van der Waals surface area contributed by atoms with Gasteiger partial charge in [-0.25, -0.2) is 9.18 Å². The summed E-state index contributed by atoms with van der Waals surface area (Å²) >= 11 is 0. The molecule has 0 radical (unpaired) electrons. The van der Waals surface area contributed by atoms with Gasteiger partial charge in [0.1, 0.15) is 11.9 Å². The van der Waals surface area contributed by atoms with E-state index in [4.69, 9.17) is 10.5 Å². The number of halogens is 1. The number of aromatic nitrogens is 1. The lowest BCUT2D eigenvalue weighted by Gasteiger charge is -2.15. The topological polar surface area (TPSA) is 110 Å². The van der Waals surface area contributed by atoms with E-state index in [0.29, 0.717) is 30.0 Å². The Morgan fingerprint density at radius 1 is 1.21 bits per heavy atom. The average molecular weight is 464 g/mol. The van der Waals surface area contributed by atoms with Crippen molar-refractivity contribution in [3.05, 3.63) is 77.9 Å². The van der Waals surface area contributed by atoms with Gasteiger partial charge < -0.3 is 21.1 Å². The van der Waals surface area contributed by atoms with E-state index in [1.807, 2.05) is 24.3 Å². The third kappa shape index (κ3) is 5.49. The number of amides is 2. The lowest BCUT2D eigenvalue weighted by molar-refractivity contribution is -0.119. The molecule has 0 spiro atoms. The lowest BCUT2D eigenvalue weighted by atomic mass is 10.0. The number of nitrogens with one attached hydrogen (secondary N) is 2. The summed E-state index contributed by atoms with van der Waals surface area (Å²) in [4.78, 5) is 28.7. The van der Waals surface area contributed by atoms with E-state index in [1.54, 1.807) is 30.6 Å². The molecular formula is C25H26FN5O3. The van der Waals surface area contributed by atoms with E-state index in [0.717, 1.165) is 16.7 Å². The highest BCUT2D eigenvalue weighted by Crippen LogP contribution is 2.29. The third-order valence-corrected chi connectivity index (χ3v) is 5.57. The van der Waals surface area contributed by atoms with Crippen molar-refractivity contribution in [2.45, 2.75) is 26.1 Å². The van der Waals surface area contributed by atoms with E-state index in [1.165, 1.54) is 17.9 Å². The van der Waals surface area contributed by atoms with Crippen LogP contribution in [0.3, 0.4) is 0 Å². The smallest absolute Gasteiger partial charge is 0.414 e. The number of nitrogens with zero attached hydrogens (tertiary/aromatic N) is 2. The first-order valence-electron chi connectivity index (χ1n) is 10.9. The van der Waals surface area contributed by atoms with Gasteiger partial charge in [-0.15, -0.1) is 0 Å². The number of pyridine rings is 1. The SMILES string of the molecule is CC(=O)NCC1CN(c2ccc(-c3ccc(CNCc4cnccc4N)cc3)c(F)c2)C(=O)O1. The average Bonchev–Trinajstić information content (AvgIpc) is 3.20. The zero-order chi connectivity index (χ0) is 24.1. The molecule has 0 aliphatic carbocycles. The molecule has 2 aromatic carbocycles. The molecule has 1 atom stereocenters. The van der Waals surface area contributed by atoms with Crippen LogP contribution in [0, 0.1) is 5.82 Å². The van der Waals surface area contributed by atoms with E-state index >= 15 is 0 Å². The minimum atomic E-state index is -0.563. The number of nitrogens with two attached hydrogens (primary N) is 1. The summed E-state index contributed by atoms with van der Waals surface area (Å²) in [5, 5.41) is 5.94. The molecule has 0 saturated carbocycles. The molecule has 2 amide bonds. The maximum Gasteiger partial charge on any atom is 0.414 e. The predicted octanol–water partition coefficient (Wildman–Crippen LogP) is 3.22. The van der Waals surface area contributed by atoms with Gasteiger partial charge in [0.2, 0.25) is 5.91 Å². The number of rotatable bonds is 8. The molecule has 8 nitrogen and oxygen atoms in total. The fourth-order valence-corrected chi connectivity index (χ4v) is 3.73. The second-order valence-electron chi connectivity index (χ2n) is 8.09. The molecule has 1 aromatic heterocycles. The highest BCUT2D eigenvalue weighted by Gasteiger charge is 2.32. The van der Waals surface area contributed by atoms with Crippen molar-refractivity contribution in [3.63, 3.8) is 0 Å². The van der Waals surface area contributed by atoms with Crippen molar-refractivity contribution in [1.82, 2.24) is 15.6 Å². The minimum Gasteiger partial charge on any atom is -0.442 e. The number of carbonyl (C=O) groups is 2. The summed E-state index contributed by atoms with van der Waals surface area (Å²) < 4.78 is 20.2. The minimum absolute atomic E-state index is 0.204. The maximum absolute atomic E-state index is 14.9. The van der Waals surface area contributed by atoms with Gasteiger partial charge in [-0.1, -0.05) is 24.3 Å². The monoisotopic (exact) mass is 463 g/mol. The number of nitrogen functional groups attached to an aromatic ring is 1. The molecule has 0 bridgehead atoms. The molecule has 9 heteroatoms. The fraction of sp³-hybridized carbons (Fsp3) is 0.240. The largest absolute Gasteiger partial charge is 0.442 e. The van der Waals surface area contributed by atoms with E-state index < -0.39 is 18.0 Å². The van der Waals surface area contributed by atoms with Crippen molar-refractivity contribution in [3.8, 4) is 11.1 Å². The number of anilines is 2. The molecule has 1 saturated heterocycles. The van der Waals surface area contributed by atoms with Crippen molar-refractivity contribution >= 4 is 23.4 Å². The van der Waals surface area contributed by atoms with Crippen LogP contribution in [0.5, 0.6) is 0 Å². The van der Waals surface area contributed by atoms with Crippen LogP contribution in [0.15, 0.2) is 60.9 Å². The van der Waals surface area contributed by atoms with Crippen LogP contribution in [0.1, 0.15) is 18.1 Å². The number of carbonyl (C=O) groups excluding carboxylic acids is 2. The Balaban J connectivity index is 1.37. The van der Waals surface area contributed by atoms with E-state index in [-0.39, 0.29) is 19.0 Å². The van der Waals surface area contributed by atoms with Crippen molar-refractivity contribution in [2.24, 2.45) is 0 Å². The van der Waals surface area contributed by atoms with Gasteiger partial charge in [0.05, 0.1) is 18.8 Å². The normalized spacial score (nSPS) is 15.3. The highest BCUT2D eigenvalue weighted by molar-refractivity contribution is 5.90. The van der Waals surface area contributed by atoms with Gasteiger partial charge in [0.25, 0.3) is 0 Å². The van der Waals surface area contributed by atoms with E-state index in [9.17, 15) is 14.0 Å². The second-order valence-corrected chi connectivity index (χ2v) is 8.09. The number of ether oxygens (including phenoxy) is 1. The standard InChI is InChI=1S/C25H26FN5O3/c1-16(32)30-14-21-15-31(25(33)34-21)20-6-7-22(23(26)10-20)18-4-2-17(3-5-18)11-29-13-19-12-28-9-8-24(19)27/h2-10,12,21,29H,11,13-15H2,1H3,(H2,27,28)(H,30,32). The summed E-state index contributed by atoms with van der Waals surface area (Å²) in [5.74, 6) is -0.640. The van der Waals surface area contributed by atoms with Crippen LogP contribution in [0.25, 0.3) is 11.1 Å². The van der Waals surface area contributed by atoms with Gasteiger partial charge in [-0.3, -0.25) is 14.7 Å². The molecule has 34 heavy (non-hydrogen) atoms. The van der Waals surface area contributed by atoms with Crippen LogP contribution in [-0.4, -0.2) is 36.2 Å². The molecule has 1 aliphatic heterocycles. The molecule has 1 unspecified atom stereocenters. The summed E-state index contributed by atoms with van der Waals surface area (Å²) in [6.07, 6.45) is 2.36. The summed E-state index contributed by atoms with van der Waals surface area (Å²) in [6.45, 7) is 3.08. The quantitative estimate of drug-likeness (QED) is 0.473. The van der Waals surface area contributed by atoms with Crippen molar-refractivity contribution in [1.29, 1.82) is 0 Å². The molecule has 4 rings (SSSR count). The Labute approximate surface area is 196 Å². The van der Waals surface area contributed by atoms with Crippen LogP contribution in [0.4, 0.5) is 20.6 Å². The number of hydrogen-bond acceptors (Lipinski definition) is 6. The Hall–Kier alpha value is -3.98. The Morgan fingerprint density at radius 3 is 2.71 bits per heavy atom. The van der Waals surface area contributed by atoms with E-state index in [2.05, 4.69) is 15.6 Å². The lowest BCUT2D eigenvalue weighted by Crippen LogP contribution is -2.33. The van der Waals surface area contributed by atoms with Gasteiger partial charge in [0.15, 0.2) is 0 Å². The first-order valence-corrected chi connectivity index (χ1v) is 10.9. The zero-order valence-electron chi connectivity index (χ0n) is 18.8. The molecule has 4 N–H and O–H groups in total. The molecule has 176 valence electrons. The Morgan fingerprint density at radius 2 is 2.00 bits per heavy atom. The fourth-order valence-electron chi connectivity index (χ4n) is 3.73. The van der Waals surface area contributed by atoms with Crippen LogP contribution < -0.4 is 21.3 Å². The van der Waals surface area contributed by atoms with Gasteiger partial charge in [-0.05, 0) is 35.4 Å². The molecule has 1 aliphatic rings. The Bertz CT molecular complexity index is 1190. The molecule has 3 aromatic rings. The first-order chi connectivity index (χ1) is 16.4. The highest BCUT2D eigenvalue weighted by atomic mass is 19.1. The number of benzene rings is 2. The number of cyclic esters (lactones) is 1. The summed E-state index contributed by atoms with van der Waals surface area (Å²) in [7, 11) is 0. The van der Waals surface area contributed by atoms with Crippen molar-refractivity contribution in [2.75, 3.05) is 23.7 Å².